The molecule has 0 spiro atoms. The molecule has 0 aromatic rings. The van der Waals surface area contributed by atoms with Gasteiger partial charge in [-0.25, -0.2) is 4.79 Å². The molecule has 0 aliphatic rings. The highest BCUT2D eigenvalue weighted by atomic mass is 16.4. The first-order chi connectivity index (χ1) is 6.57. The van der Waals surface area contributed by atoms with Crippen molar-refractivity contribution < 1.29 is 14.7 Å². The van der Waals surface area contributed by atoms with Crippen molar-refractivity contribution in [3.05, 3.63) is 18.4 Å². The minimum absolute atomic E-state index is 0.323. The maximum absolute atomic E-state index is 10.6. The van der Waals surface area contributed by atoms with Crippen LogP contribution in [-0.4, -0.2) is 23.0 Å². The van der Waals surface area contributed by atoms with Crippen LogP contribution in [0.1, 0.15) is 26.2 Å². The van der Waals surface area contributed by atoms with E-state index in [1.807, 2.05) is 0 Å². The Bertz CT molecular complexity index is 254. The second-order valence-electron chi connectivity index (χ2n) is 2.93. The van der Waals surface area contributed by atoms with Gasteiger partial charge in [-0.15, -0.1) is 5.73 Å². The predicted octanol–water partition coefficient (Wildman–Crippen LogP) is 1.09. The van der Waals surface area contributed by atoms with Crippen LogP contribution in [0.2, 0.25) is 0 Å². The van der Waals surface area contributed by atoms with Crippen LogP contribution in [0, 0.1) is 0 Å². The summed E-state index contributed by atoms with van der Waals surface area (Å²) in [6, 6.07) is -0.786. The number of unbranched alkanes of at least 4 members (excludes halogenated alkanes) is 1. The van der Waals surface area contributed by atoms with Crippen LogP contribution in [0.5, 0.6) is 0 Å². The first-order valence-electron chi connectivity index (χ1n) is 4.42. The van der Waals surface area contributed by atoms with E-state index in [-0.39, 0.29) is 5.91 Å². The third-order valence-corrected chi connectivity index (χ3v) is 1.66. The van der Waals surface area contributed by atoms with Gasteiger partial charge in [-0.3, -0.25) is 4.79 Å². The van der Waals surface area contributed by atoms with Gasteiger partial charge in [0.05, 0.1) is 0 Å². The summed E-state index contributed by atoms with van der Waals surface area (Å²) in [6.45, 7) is 4.70. The Morgan fingerprint density at radius 2 is 2.29 bits per heavy atom. The molecular weight excluding hydrogens is 182 g/mol. The van der Waals surface area contributed by atoms with E-state index >= 15 is 0 Å². The van der Waals surface area contributed by atoms with Gasteiger partial charge in [-0.1, -0.05) is 6.58 Å². The minimum Gasteiger partial charge on any atom is -0.480 e. The maximum atomic E-state index is 10.6. The van der Waals surface area contributed by atoms with Crippen molar-refractivity contribution in [3.63, 3.8) is 0 Å². The van der Waals surface area contributed by atoms with Gasteiger partial charge < -0.3 is 10.4 Å². The number of carboxylic acid groups (broad SMARTS) is 1. The molecular formula is C10H15NO3. The van der Waals surface area contributed by atoms with Crippen molar-refractivity contribution >= 4 is 11.9 Å². The second-order valence-corrected chi connectivity index (χ2v) is 2.93. The van der Waals surface area contributed by atoms with E-state index in [0.29, 0.717) is 12.8 Å². The Labute approximate surface area is 83.3 Å². The van der Waals surface area contributed by atoms with Crippen molar-refractivity contribution in [2.75, 3.05) is 0 Å². The number of hydrogen-bond donors (Lipinski definition) is 2. The molecule has 0 saturated carbocycles. The highest BCUT2D eigenvalue weighted by Gasteiger charge is 2.16. The highest BCUT2D eigenvalue weighted by Crippen LogP contribution is 2.01. The quantitative estimate of drug-likeness (QED) is 0.494. The predicted molar refractivity (Wildman–Crippen MR) is 52.8 cm³/mol. The Balaban J connectivity index is 3.91. The molecule has 0 aromatic carbocycles. The lowest BCUT2D eigenvalue weighted by atomic mass is 10.1. The molecule has 1 amide bonds. The lowest BCUT2D eigenvalue weighted by Crippen LogP contribution is -2.39. The van der Waals surface area contributed by atoms with Gasteiger partial charge in [0.15, 0.2) is 0 Å². The van der Waals surface area contributed by atoms with Gasteiger partial charge in [0, 0.05) is 6.92 Å². The van der Waals surface area contributed by atoms with Gasteiger partial charge in [0.1, 0.15) is 6.04 Å². The van der Waals surface area contributed by atoms with Crippen molar-refractivity contribution in [3.8, 4) is 0 Å². The zero-order valence-electron chi connectivity index (χ0n) is 8.25. The summed E-state index contributed by atoms with van der Waals surface area (Å²) in [5.41, 5.74) is 2.60. The summed E-state index contributed by atoms with van der Waals surface area (Å²) < 4.78 is 0. The molecule has 0 bridgehead atoms. The first-order valence-corrected chi connectivity index (χ1v) is 4.42. The summed E-state index contributed by atoms with van der Waals surface area (Å²) in [5, 5.41) is 11.1. The average molecular weight is 197 g/mol. The fourth-order valence-electron chi connectivity index (χ4n) is 1.03. The van der Waals surface area contributed by atoms with Crippen molar-refractivity contribution in [2.45, 2.75) is 32.2 Å². The highest BCUT2D eigenvalue weighted by molar-refractivity contribution is 5.81. The lowest BCUT2D eigenvalue weighted by Gasteiger charge is -2.11. The second kappa shape index (κ2) is 6.92. The molecule has 4 nitrogen and oxygen atoms in total. The number of carbonyl (C=O) groups is 2. The number of amides is 1. The Hall–Kier alpha value is -1.54. The SMILES string of the molecule is C=C=CCCCC(NC(C)=O)C(=O)O. The molecule has 0 aliphatic heterocycles. The van der Waals surface area contributed by atoms with Crippen molar-refractivity contribution in [1.29, 1.82) is 0 Å². The number of aliphatic carboxylic acids is 1. The van der Waals surface area contributed by atoms with Crippen LogP contribution in [0.4, 0.5) is 0 Å². The largest absolute Gasteiger partial charge is 0.480 e. The van der Waals surface area contributed by atoms with Crippen molar-refractivity contribution in [1.82, 2.24) is 5.32 Å². The molecule has 0 aromatic heterocycles. The molecule has 0 radical (unpaired) electrons. The molecule has 0 rings (SSSR count). The lowest BCUT2D eigenvalue weighted by molar-refractivity contribution is -0.141. The smallest absolute Gasteiger partial charge is 0.326 e. The van der Waals surface area contributed by atoms with Crippen LogP contribution in [0.3, 0.4) is 0 Å². The molecule has 0 aliphatic carbocycles. The number of carbonyl (C=O) groups excluding carboxylic acids is 1. The summed E-state index contributed by atoms with van der Waals surface area (Å²) in [4.78, 5) is 21.3. The molecule has 0 saturated heterocycles. The number of allylic oxidation sites excluding steroid dienone is 1. The summed E-state index contributed by atoms with van der Waals surface area (Å²) in [6.07, 6.45) is 3.59. The summed E-state index contributed by atoms with van der Waals surface area (Å²) in [7, 11) is 0. The molecule has 0 fully saturated rings. The van der Waals surface area contributed by atoms with E-state index in [9.17, 15) is 9.59 Å². The van der Waals surface area contributed by atoms with E-state index < -0.39 is 12.0 Å². The molecule has 0 heterocycles. The van der Waals surface area contributed by atoms with Crippen LogP contribution >= 0.6 is 0 Å². The average Bonchev–Trinajstić information content (AvgIpc) is 2.09. The van der Waals surface area contributed by atoms with E-state index in [4.69, 9.17) is 5.11 Å². The molecule has 2 N–H and O–H groups in total. The zero-order valence-corrected chi connectivity index (χ0v) is 8.25. The molecule has 78 valence electrons. The van der Waals surface area contributed by atoms with Crippen LogP contribution < -0.4 is 5.32 Å². The topological polar surface area (TPSA) is 66.4 Å². The number of carboxylic acids is 1. The molecule has 14 heavy (non-hydrogen) atoms. The third-order valence-electron chi connectivity index (χ3n) is 1.66. The standard InChI is InChI=1S/C10H15NO3/c1-3-4-5-6-7-9(10(13)14)11-8(2)12/h4,9H,1,5-7H2,2H3,(H,11,12)(H,13,14). The van der Waals surface area contributed by atoms with Gasteiger partial charge in [0.25, 0.3) is 0 Å². The molecule has 4 heteroatoms. The number of hydrogen-bond acceptors (Lipinski definition) is 2. The summed E-state index contributed by atoms with van der Waals surface area (Å²) in [5.74, 6) is -1.32. The van der Waals surface area contributed by atoms with Gasteiger partial charge in [0.2, 0.25) is 5.91 Å². The third kappa shape index (κ3) is 6.03. The van der Waals surface area contributed by atoms with E-state index in [2.05, 4.69) is 17.6 Å². The number of rotatable bonds is 6. The van der Waals surface area contributed by atoms with Crippen LogP contribution in [0.25, 0.3) is 0 Å². The normalized spacial score (nSPS) is 11.2. The fraction of sp³-hybridized carbons (Fsp3) is 0.500. The van der Waals surface area contributed by atoms with E-state index in [1.54, 1.807) is 6.08 Å². The fourth-order valence-corrected chi connectivity index (χ4v) is 1.03. The minimum atomic E-state index is -0.997. The number of nitrogens with one attached hydrogen (secondary N) is 1. The Morgan fingerprint density at radius 3 is 2.71 bits per heavy atom. The van der Waals surface area contributed by atoms with Gasteiger partial charge in [-0.05, 0) is 25.3 Å². The van der Waals surface area contributed by atoms with Crippen molar-refractivity contribution in [2.24, 2.45) is 0 Å². The van der Waals surface area contributed by atoms with Crippen LogP contribution in [0.15, 0.2) is 18.4 Å². The van der Waals surface area contributed by atoms with E-state index in [1.165, 1.54) is 6.92 Å². The first kappa shape index (κ1) is 12.5. The zero-order chi connectivity index (χ0) is 11.0. The van der Waals surface area contributed by atoms with Gasteiger partial charge in [-0.2, -0.15) is 0 Å². The maximum Gasteiger partial charge on any atom is 0.326 e. The summed E-state index contributed by atoms with van der Waals surface area (Å²) >= 11 is 0. The Kier molecular flexibility index (Phi) is 6.16. The van der Waals surface area contributed by atoms with Crippen LogP contribution in [-0.2, 0) is 9.59 Å². The Morgan fingerprint density at radius 1 is 1.64 bits per heavy atom. The molecule has 1 unspecified atom stereocenters. The molecule has 1 atom stereocenters. The van der Waals surface area contributed by atoms with E-state index in [0.717, 1.165) is 6.42 Å². The monoisotopic (exact) mass is 197 g/mol. The van der Waals surface area contributed by atoms with Gasteiger partial charge >= 0.3 is 5.97 Å².